The number of anilines is 2. The predicted octanol–water partition coefficient (Wildman–Crippen LogP) is 1.38. The second kappa shape index (κ2) is 4.46. The molecule has 1 amide bonds. The van der Waals surface area contributed by atoms with Crippen molar-refractivity contribution in [1.82, 2.24) is 14.3 Å². The Balaban J connectivity index is 2.19. The zero-order valence-electron chi connectivity index (χ0n) is 9.39. The first kappa shape index (κ1) is 11.5. The molecule has 0 unspecified atom stereocenters. The minimum atomic E-state index is -0.265. The normalized spacial score (nSPS) is 10.2. The molecule has 0 aliphatic carbocycles. The fraction of sp³-hybridized carbons (Fsp3) is 0.200. The number of carbonyl (C=O) groups is 1. The maximum atomic E-state index is 11.9. The fourth-order valence-electron chi connectivity index (χ4n) is 1.34. The topological polar surface area (TPSA) is 93.8 Å². The molecule has 0 radical (unpaired) electrons. The number of rotatable bonds is 2. The third kappa shape index (κ3) is 2.76. The zero-order valence-corrected chi connectivity index (χ0v) is 10.2. The van der Waals surface area contributed by atoms with Crippen molar-refractivity contribution in [2.75, 3.05) is 11.1 Å². The Morgan fingerprint density at radius 2 is 2.12 bits per heavy atom. The monoisotopic (exact) mass is 249 g/mol. The van der Waals surface area contributed by atoms with Gasteiger partial charge in [0.2, 0.25) is 5.13 Å². The molecule has 0 aliphatic heterocycles. The van der Waals surface area contributed by atoms with Crippen LogP contribution in [0.4, 0.5) is 10.9 Å². The molecule has 17 heavy (non-hydrogen) atoms. The second-order valence-electron chi connectivity index (χ2n) is 3.52. The molecule has 2 heterocycles. The summed E-state index contributed by atoms with van der Waals surface area (Å²) in [5.41, 5.74) is 6.74. The number of aryl methyl sites for hydroxylation is 2. The van der Waals surface area contributed by atoms with Crippen LogP contribution in [0.25, 0.3) is 0 Å². The van der Waals surface area contributed by atoms with Crippen molar-refractivity contribution in [3.05, 3.63) is 29.2 Å². The van der Waals surface area contributed by atoms with Crippen LogP contribution in [-0.4, -0.2) is 20.2 Å². The lowest BCUT2D eigenvalue weighted by Crippen LogP contribution is -2.13. The van der Waals surface area contributed by atoms with E-state index in [9.17, 15) is 4.79 Å². The summed E-state index contributed by atoms with van der Waals surface area (Å²) in [4.78, 5) is 19.9. The molecule has 2 aromatic heterocycles. The first-order valence-corrected chi connectivity index (χ1v) is 5.68. The highest BCUT2D eigenvalue weighted by molar-refractivity contribution is 7.09. The summed E-state index contributed by atoms with van der Waals surface area (Å²) in [6, 6.07) is 3.19. The van der Waals surface area contributed by atoms with Crippen molar-refractivity contribution < 1.29 is 4.79 Å². The van der Waals surface area contributed by atoms with Gasteiger partial charge in [0.15, 0.2) is 0 Å². The number of amides is 1. The first-order chi connectivity index (χ1) is 8.04. The summed E-state index contributed by atoms with van der Waals surface area (Å²) >= 11 is 1.14. The SMILES string of the molecule is Cc1cc(C(=O)Nc2nc(C)ns2)cc(N)n1. The molecule has 0 aromatic carbocycles. The van der Waals surface area contributed by atoms with Crippen molar-refractivity contribution in [1.29, 1.82) is 0 Å². The van der Waals surface area contributed by atoms with E-state index in [0.717, 1.165) is 11.5 Å². The molecule has 3 N–H and O–H groups in total. The van der Waals surface area contributed by atoms with Gasteiger partial charge >= 0.3 is 0 Å². The largest absolute Gasteiger partial charge is 0.384 e. The number of hydrogen-bond donors (Lipinski definition) is 2. The van der Waals surface area contributed by atoms with E-state index in [2.05, 4.69) is 19.7 Å². The Hall–Kier alpha value is -2.02. The molecule has 0 atom stereocenters. The van der Waals surface area contributed by atoms with Crippen LogP contribution >= 0.6 is 11.5 Å². The maximum Gasteiger partial charge on any atom is 0.257 e. The van der Waals surface area contributed by atoms with Crippen LogP contribution in [0.5, 0.6) is 0 Å². The van der Waals surface area contributed by atoms with Crippen LogP contribution < -0.4 is 11.1 Å². The fourth-order valence-corrected chi connectivity index (χ4v) is 1.91. The van der Waals surface area contributed by atoms with Gasteiger partial charge in [0, 0.05) is 22.8 Å². The quantitative estimate of drug-likeness (QED) is 0.838. The summed E-state index contributed by atoms with van der Waals surface area (Å²) < 4.78 is 3.98. The first-order valence-electron chi connectivity index (χ1n) is 4.90. The zero-order chi connectivity index (χ0) is 12.4. The lowest BCUT2D eigenvalue weighted by molar-refractivity contribution is 0.102. The van der Waals surface area contributed by atoms with Crippen LogP contribution in [0.2, 0.25) is 0 Å². The average Bonchev–Trinajstić information content (AvgIpc) is 2.62. The summed E-state index contributed by atoms with van der Waals surface area (Å²) in [5.74, 6) is 0.692. The van der Waals surface area contributed by atoms with Crippen LogP contribution in [0.15, 0.2) is 12.1 Å². The van der Waals surface area contributed by atoms with Crippen molar-refractivity contribution in [3.8, 4) is 0 Å². The molecular weight excluding hydrogens is 238 g/mol. The Morgan fingerprint density at radius 1 is 1.35 bits per heavy atom. The average molecular weight is 249 g/mol. The number of aromatic nitrogens is 3. The Morgan fingerprint density at radius 3 is 2.71 bits per heavy atom. The minimum absolute atomic E-state index is 0.265. The number of pyridine rings is 1. The van der Waals surface area contributed by atoms with Crippen molar-refractivity contribution in [2.45, 2.75) is 13.8 Å². The standard InChI is InChI=1S/C10H11N5OS/c1-5-3-7(4-8(11)12-5)9(16)14-10-13-6(2)15-17-10/h3-4H,1-2H3,(H2,11,12)(H,13,14,15,16). The third-order valence-corrected chi connectivity index (χ3v) is 2.71. The molecule has 0 aliphatic rings. The van der Waals surface area contributed by atoms with E-state index in [1.807, 2.05) is 0 Å². The Bertz CT molecular complexity index is 545. The van der Waals surface area contributed by atoms with Crippen LogP contribution in [-0.2, 0) is 0 Å². The van der Waals surface area contributed by atoms with Gasteiger partial charge in [-0.3, -0.25) is 10.1 Å². The third-order valence-electron chi connectivity index (χ3n) is 1.98. The number of nitrogens with two attached hydrogens (primary N) is 1. The predicted molar refractivity (Wildman–Crippen MR) is 66.0 cm³/mol. The Kier molecular flexibility index (Phi) is 3.01. The molecule has 2 aromatic rings. The summed E-state index contributed by atoms with van der Waals surface area (Å²) in [6.07, 6.45) is 0. The van der Waals surface area contributed by atoms with Crippen LogP contribution in [0, 0.1) is 13.8 Å². The van der Waals surface area contributed by atoms with Gasteiger partial charge in [-0.05, 0) is 26.0 Å². The molecular formula is C10H11N5OS. The highest BCUT2D eigenvalue weighted by Crippen LogP contribution is 2.13. The van der Waals surface area contributed by atoms with E-state index in [4.69, 9.17) is 5.73 Å². The number of nitrogens with one attached hydrogen (secondary N) is 1. The molecule has 0 bridgehead atoms. The molecule has 2 rings (SSSR count). The van der Waals surface area contributed by atoms with E-state index >= 15 is 0 Å². The van der Waals surface area contributed by atoms with Crippen molar-refractivity contribution >= 4 is 28.4 Å². The van der Waals surface area contributed by atoms with E-state index < -0.39 is 0 Å². The highest BCUT2D eigenvalue weighted by Gasteiger charge is 2.10. The molecule has 0 saturated heterocycles. The summed E-state index contributed by atoms with van der Waals surface area (Å²) in [5, 5.41) is 3.13. The number of nitrogens with zero attached hydrogens (tertiary/aromatic N) is 3. The van der Waals surface area contributed by atoms with Gasteiger partial charge in [-0.15, -0.1) is 0 Å². The highest BCUT2D eigenvalue weighted by atomic mass is 32.1. The number of hydrogen-bond acceptors (Lipinski definition) is 6. The molecule has 0 spiro atoms. The van der Waals surface area contributed by atoms with E-state index in [1.165, 1.54) is 6.07 Å². The molecule has 6 nitrogen and oxygen atoms in total. The van der Waals surface area contributed by atoms with E-state index in [0.29, 0.717) is 28.0 Å². The van der Waals surface area contributed by atoms with Crippen molar-refractivity contribution in [3.63, 3.8) is 0 Å². The second-order valence-corrected chi connectivity index (χ2v) is 4.27. The van der Waals surface area contributed by atoms with E-state index in [-0.39, 0.29) is 5.91 Å². The van der Waals surface area contributed by atoms with Crippen molar-refractivity contribution in [2.24, 2.45) is 0 Å². The van der Waals surface area contributed by atoms with Gasteiger partial charge in [0.1, 0.15) is 11.6 Å². The number of nitrogen functional groups attached to an aromatic ring is 1. The maximum absolute atomic E-state index is 11.9. The lowest BCUT2D eigenvalue weighted by Gasteiger charge is -2.03. The van der Waals surface area contributed by atoms with Gasteiger partial charge in [0.25, 0.3) is 5.91 Å². The lowest BCUT2D eigenvalue weighted by atomic mass is 10.2. The van der Waals surface area contributed by atoms with Crippen LogP contribution in [0.3, 0.4) is 0 Å². The molecule has 88 valence electrons. The summed E-state index contributed by atoms with van der Waals surface area (Å²) in [7, 11) is 0. The smallest absolute Gasteiger partial charge is 0.257 e. The summed E-state index contributed by atoms with van der Waals surface area (Å²) in [6.45, 7) is 3.54. The van der Waals surface area contributed by atoms with E-state index in [1.54, 1.807) is 19.9 Å². The molecule has 7 heteroatoms. The van der Waals surface area contributed by atoms with Gasteiger partial charge in [-0.25, -0.2) is 9.97 Å². The van der Waals surface area contributed by atoms with Gasteiger partial charge in [0.05, 0.1) is 0 Å². The molecule has 0 fully saturated rings. The Labute approximate surface area is 102 Å². The minimum Gasteiger partial charge on any atom is -0.384 e. The number of carbonyl (C=O) groups excluding carboxylic acids is 1. The van der Waals surface area contributed by atoms with Gasteiger partial charge in [-0.2, -0.15) is 4.37 Å². The molecule has 0 saturated carbocycles. The van der Waals surface area contributed by atoms with Crippen LogP contribution in [0.1, 0.15) is 21.9 Å². The van der Waals surface area contributed by atoms with Gasteiger partial charge < -0.3 is 5.73 Å². The van der Waals surface area contributed by atoms with Gasteiger partial charge in [-0.1, -0.05) is 0 Å².